The summed E-state index contributed by atoms with van der Waals surface area (Å²) < 4.78 is 0. The van der Waals surface area contributed by atoms with Crippen LogP contribution in [0.15, 0.2) is 24.3 Å². The summed E-state index contributed by atoms with van der Waals surface area (Å²) in [4.78, 5) is 15.1. The van der Waals surface area contributed by atoms with Gasteiger partial charge in [0, 0.05) is 25.6 Å². The number of hydrogen-bond acceptors (Lipinski definition) is 2. The van der Waals surface area contributed by atoms with Crippen LogP contribution in [0.3, 0.4) is 0 Å². The maximum atomic E-state index is 13.0. The van der Waals surface area contributed by atoms with Crippen molar-refractivity contribution in [2.45, 2.75) is 33.2 Å². The fourth-order valence-corrected chi connectivity index (χ4v) is 3.48. The Morgan fingerprint density at radius 3 is 2.75 bits per heavy atom. The fraction of sp³-hybridized carbons (Fsp3) is 0.588. The van der Waals surface area contributed by atoms with Gasteiger partial charge in [-0.1, -0.05) is 45.0 Å². The lowest BCUT2D eigenvalue weighted by Gasteiger charge is -2.39. The highest BCUT2D eigenvalue weighted by Crippen LogP contribution is 2.38. The van der Waals surface area contributed by atoms with Crippen LogP contribution < -0.4 is 5.32 Å². The average molecular weight is 272 g/mol. The van der Waals surface area contributed by atoms with Gasteiger partial charge in [-0.2, -0.15) is 0 Å². The van der Waals surface area contributed by atoms with Crippen molar-refractivity contribution in [3.8, 4) is 0 Å². The number of piperazine rings is 1. The first kappa shape index (κ1) is 13.6. The molecule has 2 heterocycles. The minimum Gasteiger partial charge on any atom is -0.333 e. The van der Waals surface area contributed by atoms with E-state index in [0.717, 1.165) is 26.1 Å². The molecule has 0 radical (unpaired) electrons. The van der Waals surface area contributed by atoms with Crippen LogP contribution in [0.1, 0.15) is 37.9 Å². The van der Waals surface area contributed by atoms with Gasteiger partial charge in [0.25, 0.3) is 0 Å². The summed E-state index contributed by atoms with van der Waals surface area (Å²) in [6.07, 6.45) is 0.867. The molecule has 0 saturated carbocycles. The molecule has 1 fully saturated rings. The number of benzene rings is 1. The maximum absolute atomic E-state index is 13.0. The van der Waals surface area contributed by atoms with Gasteiger partial charge in [0.05, 0.1) is 6.04 Å². The minimum absolute atomic E-state index is 0.00393. The smallest absolute Gasteiger partial charge is 0.227 e. The summed E-state index contributed by atoms with van der Waals surface area (Å²) in [7, 11) is 0. The molecule has 0 spiro atoms. The van der Waals surface area contributed by atoms with Crippen molar-refractivity contribution < 1.29 is 4.79 Å². The Labute approximate surface area is 121 Å². The molecule has 3 rings (SSSR count). The topological polar surface area (TPSA) is 32.3 Å². The number of nitrogens with zero attached hydrogens (tertiary/aromatic N) is 1. The van der Waals surface area contributed by atoms with Gasteiger partial charge in [-0.15, -0.1) is 0 Å². The molecule has 1 aromatic rings. The largest absolute Gasteiger partial charge is 0.333 e. The lowest BCUT2D eigenvalue weighted by Crippen LogP contribution is -2.51. The number of carbonyl (C=O) groups is 1. The van der Waals surface area contributed by atoms with Gasteiger partial charge in [0.15, 0.2) is 0 Å². The summed E-state index contributed by atoms with van der Waals surface area (Å²) >= 11 is 0. The number of hydrogen-bond donors (Lipinski definition) is 1. The minimum atomic E-state index is 0.00393. The van der Waals surface area contributed by atoms with Crippen molar-refractivity contribution in [1.29, 1.82) is 0 Å². The van der Waals surface area contributed by atoms with Crippen molar-refractivity contribution >= 4 is 5.91 Å². The molecular weight excluding hydrogens is 248 g/mol. The first-order valence-electron chi connectivity index (χ1n) is 7.57. The van der Waals surface area contributed by atoms with E-state index in [4.69, 9.17) is 0 Å². The number of fused-ring (bicyclic) bond motifs is 3. The lowest BCUT2D eigenvalue weighted by atomic mass is 9.76. The van der Waals surface area contributed by atoms with E-state index in [9.17, 15) is 4.79 Å². The second-order valence-electron chi connectivity index (χ2n) is 7.07. The third kappa shape index (κ3) is 2.24. The fourth-order valence-electron chi connectivity index (χ4n) is 3.48. The highest BCUT2D eigenvalue weighted by molar-refractivity contribution is 5.81. The normalized spacial score (nSPS) is 26.8. The molecule has 20 heavy (non-hydrogen) atoms. The van der Waals surface area contributed by atoms with Crippen molar-refractivity contribution in [3.05, 3.63) is 35.4 Å². The summed E-state index contributed by atoms with van der Waals surface area (Å²) in [5, 5.41) is 3.43. The molecule has 2 atom stereocenters. The molecule has 3 heteroatoms. The van der Waals surface area contributed by atoms with Crippen LogP contribution in [0.5, 0.6) is 0 Å². The number of nitrogens with one attached hydrogen (secondary N) is 1. The third-order valence-corrected chi connectivity index (χ3v) is 4.71. The third-order valence-electron chi connectivity index (χ3n) is 4.71. The molecule has 2 unspecified atom stereocenters. The van der Waals surface area contributed by atoms with E-state index in [1.165, 1.54) is 11.1 Å². The van der Waals surface area contributed by atoms with E-state index < -0.39 is 0 Å². The van der Waals surface area contributed by atoms with Crippen LogP contribution in [0.4, 0.5) is 0 Å². The maximum Gasteiger partial charge on any atom is 0.227 e. The molecule has 0 aromatic heterocycles. The van der Waals surface area contributed by atoms with Crippen molar-refractivity contribution in [2.24, 2.45) is 11.3 Å². The molecule has 2 aliphatic rings. The van der Waals surface area contributed by atoms with Crippen molar-refractivity contribution in [1.82, 2.24) is 10.2 Å². The first-order chi connectivity index (χ1) is 9.48. The lowest BCUT2D eigenvalue weighted by molar-refractivity contribution is -0.141. The van der Waals surface area contributed by atoms with Crippen LogP contribution in [-0.2, 0) is 11.2 Å². The number of rotatable bonds is 0. The zero-order valence-electron chi connectivity index (χ0n) is 12.6. The van der Waals surface area contributed by atoms with Gasteiger partial charge in [0.1, 0.15) is 0 Å². The molecule has 1 amide bonds. The molecule has 3 nitrogen and oxygen atoms in total. The van der Waals surface area contributed by atoms with Crippen LogP contribution in [0.25, 0.3) is 0 Å². The van der Waals surface area contributed by atoms with Crippen LogP contribution in [-0.4, -0.2) is 30.4 Å². The Balaban J connectivity index is 2.08. The van der Waals surface area contributed by atoms with Gasteiger partial charge in [-0.25, -0.2) is 0 Å². The second-order valence-corrected chi connectivity index (χ2v) is 7.07. The zero-order valence-corrected chi connectivity index (χ0v) is 12.6. The zero-order chi connectivity index (χ0) is 14.3. The quantitative estimate of drug-likeness (QED) is 0.786. The van der Waals surface area contributed by atoms with Crippen molar-refractivity contribution in [3.63, 3.8) is 0 Å². The standard InChI is InChI=1S/C17H24N2O/c1-17(2,3)14-10-12-6-4-5-7-13(12)15-11-18-8-9-19(15)16(14)20/h4-7,14-15,18H,8-11H2,1-3H3. The van der Waals surface area contributed by atoms with Gasteiger partial charge >= 0.3 is 0 Å². The summed E-state index contributed by atoms with van der Waals surface area (Å²) in [6, 6.07) is 8.78. The van der Waals surface area contributed by atoms with E-state index in [2.05, 4.69) is 55.3 Å². The molecule has 1 saturated heterocycles. The predicted octanol–water partition coefficient (Wildman–Crippen LogP) is 2.38. The summed E-state index contributed by atoms with van der Waals surface area (Å²) in [5.41, 5.74) is 2.68. The van der Waals surface area contributed by atoms with E-state index in [1.54, 1.807) is 0 Å². The molecular formula is C17H24N2O. The molecule has 108 valence electrons. The van der Waals surface area contributed by atoms with Gasteiger partial charge in [-0.3, -0.25) is 4.79 Å². The van der Waals surface area contributed by atoms with E-state index in [0.29, 0.717) is 5.91 Å². The first-order valence-corrected chi connectivity index (χ1v) is 7.57. The Hall–Kier alpha value is -1.35. The van der Waals surface area contributed by atoms with Crippen LogP contribution in [0.2, 0.25) is 0 Å². The van der Waals surface area contributed by atoms with E-state index in [1.807, 2.05) is 0 Å². The Kier molecular flexibility index (Phi) is 3.33. The Morgan fingerprint density at radius 2 is 2.00 bits per heavy atom. The molecule has 1 aromatic carbocycles. The van der Waals surface area contributed by atoms with Crippen molar-refractivity contribution in [2.75, 3.05) is 19.6 Å². The second kappa shape index (κ2) is 4.88. The van der Waals surface area contributed by atoms with Gasteiger partial charge in [0.2, 0.25) is 5.91 Å². The molecule has 0 aliphatic carbocycles. The summed E-state index contributed by atoms with van der Waals surface area (Å²) in [5.74, 6) is 0.409. The van der Waals surface area contributed by atoms with Gasteiger partial charge < -0.3 is 10.2 Å². The molecule has 1 N–H and O–H groups in total. The predicted molar refractivity (Wildman–Crippen MR) is 80.4 cm³/mol. The molecule has 0 bridgehead atoms. The highest BCUT2D eigenvalue weighted by atomic mass is 16.2. The van der Waals surface area contributed by atoms with Crippen LogP contribution >= 0.6 is 0 Å². The number of amides is 1. The number of carbonyl (C=O) groups excluding carboxylic acids is 1. The highest BCUT2D eigenvalue weighted by Gasteiger charge is 2.41. The average Bonchev–Trinajstić information content (AvgIpc) is 2.55. The van der Waals surface area contributed by atoms with Gasteiger partial charge in [-0.05, 0) is 23.0 Å². The van der Waals surface area contributed by atoms with E-state index in [-0.39, 0.29) is 17.4 Å². The molecule has 2 aliphatic heterocycles. The van der Waals surface area contributed by atoms with E-state index >= 15 is 0 Å². The SMILES string of the molecule is CC(C)(C)C1Cc2ccccc2C2CNCCN2C1=O. The summed E-state index contributed by atoms with van der Waals surface area (Å²) in [6.45, 7) is 9.15. The van der Waals surface area contributed by atoms with Crippen LogP contribution in [0, 0.1) is 11.3 Å². The monoisotopic (exact) mass is 272 g/mol. The Bertz CT molecular complexity index is 518. The Morgan fingerprint density at radius 1 is 1.25 bits per heavy atom.